The molecule has 0 bridgehead atoms. The zero-order valence-corrected chi connectivity index (χ0v) is 13.4. The second-order valence-electron chi connectivity index (χ2n) is 5.64. The highest BCUT2D eigenvalue weighted by molar-refractivity contribution is 5.92. The Balaban J connectivity index is 2.27. The van der Waals surface area contributed by atoms with Gasteiger partial charge in [-0.3, -0.25) is 4.79 Å². The van der Waals surface area contributed by atoms with Crippen LogP contribution in [-0.4, -0.2) is 31.8 Å². The third kappa shape index (κ3) is 6.14. The highest BCUT2D eigenvalue weighted by Crippen LogP contribution is 2.20. The van der Waals surface area contributed by atoms with Gasteiger partial charge in [0.25, 0.3) is 0 Å². The van der Waals surface area contributed by atoms with Gasteiger partial charge < -0.3 is 20.5 Å². The smallest absolute Gasteiger partial charge is 0.226 e. The quantitative estimate of drug-likeness (QED) is 0.571. The highest BCUT2D eigenvalue weighted by atomic mass is 16.5. The van der Waals surface area contributed by atoms with Gasteiger partial charge in [-0.2, -0.15) is 0 Å². The van der Waals surface area contributed by atoms with Gasteiger partial charge in [-0.15, -0.1) is 0 Å². The second kappa shape index (κ2) is 8.00. The number of nitrogens with two attached hydrogens (primary N) is 1. The van der Waals surface area contributed by atoms with Gasteiger partial charge in [0, 0.05) is 25.1 Å². The summed E-state index contributed by atoms with van der Waals surface area (Å²) in [7, 11) is 1.68. The molecule has 0 aliphatic rings. The lowest BCUT2D eigenvalue weighted by Gasteiger charge is -2.22. The Labute approximate surface area is 126 Å². The van der Waals surface area contributed by atoms with Crippen molar-refractivity contribution < 1.29 is 14.3 Å². The van der Waals surface area contributed by atoms with Gasteiger partial charge in [0.05, 0.1) is 18.6 Å². The molecule has 0 heterocycles. The van der Waals surface area contributed by atoms with Gasteiger partial charge >= 0.3 is 0 Å². The lowest BCUT2D eigenvalue weighted by molar-refractivity contribution is -0.117. The molecule has 1 amide bonds. The van der Waals surface area contributed by atoms with Gasteiger partial charge in [0.1, 0.15) is 0 Å². The maximum atomic E-state index is 11.8. The number of amides is 1. The zero-order valence-electron chi connectivity index (χ0n) is 13.4. The molecule has 0 radical (unpaired) electrons. The first-order chi connectivity index (χ1) is 9.85. The molecule has 0 fully saturated rings. The van der Waals surface area contributed by atoms with Crippen LogP contribution in [0.5, 0.6) is 0 Å². The summed E-state index contributed by atoms with van der Waals surface area (Å²) in [6, 6.07) is 5.47. The summed E-state index contributed by atoms with van der Waals surface area (Å²) in [5.74, 6) is -0.0744. The fourth-order valence-corrected chi connectivity index (χ4v) is 1.69. The highest BCUT2D eigenvalue weighted by Gasteiger charge is 2.15. The van der Waals surface area contributed by atoms with Crippen molar-refractivity contribution in [1.29, 1.82) is 0 Å². The van der Waals surface area contributed by atoms with E-state index in [1.54, 1.807) is 7.11 Å². The Morgan fingerprint density at radius 3 is 2.71 bits per heavy atom. The molecule has 0 aliphatic heterocycles. The van der Waals surface area contributed by atoms with E-state index in [-0.39, 0.29) is 11.5 Å². The number of hydrogen-bond donors (Lipinski definition) is 2. The lowest BCUT2D eigenvalue weighted by atomic mass is 10.1. The van der Waals surface area contributed by atoms with Crippen LogP contribution in [0, 0.1) is 6.92 Å². The number of ether oxygens (including phenoxy) is 2. The molecule has 0 unspecified atom stereocenters. The SMILES string of the molecule is COC(C)(C)CCOCCC(=O)Nc1cccc(N)c1C. The summed E-state index contributed by atoms with van der Waals surface area (Å²) in [5, 5.41) is 2.85. The van der Waals surface area contributed by atoms with Crippen LogP contribution in [0.25, 0.3) is 0 Å². The normalized spacial score (nSPS) is 11.4. The van der Waals surface area contributed by atoms with Crippen LogP contribution in [0.3, 0.4) is 0 Å². The van der Waals surface area contributed by atoms with E-state index in [9.17, 15) is 4.79 Å². The predicted molar refractivity (Wildman–Crippen MR) is 85.4 cm³/mol. The van der Waals surface area contributed by atoms with Gasteiger partial charge in [-0.25, -0.2) is 0 Å². The monoisotopic (exact) mass is 294 g/mol. The summed E-state index contributed by atoms with van der Waals surface area (Å²) < 4.78 is 10.8. The number of methoxy groups -OCH3 is 1. The topological polar surface area (TPSA) is 73.6 Å². The number of carbonyl (C=O) groups is 1. The Morgan fingerprint density at radius 2 is 2.05 bits per heavy atom. The molecule has 1 aromatic rings. The van der Waals surface area contributed by atoms with E-state index in [1.807, 2.05) is 39.0 Å². The molecule has 0 aliphatic carbocycles. The van der Waals surface area contributed by atoms with E-state index < -0.39 is 0 Å². The van der Waals surface area contributed by atoms with Crippen molar-refractivity contribution in [2.45, 2.75) is 39.2 Å². The molecule has 5 heteroatoms. The first-order valence-corrected chi connectivity index (χ1v) is 7.13. The van der Waals surface area contributed by atoms with Crippen LogP contribution in [0.15, 0.2) is 18.2 Å². The van der Waals surface area contributed by atoms with Crippen molar-refractivity contribution in [3.63, 3.8) is 0 Å². The number of nitrogen functional groups attached to an aromatic ring is 1. The summed E-state index contributed by atoms with van der Waals surface area (Å²) in [5.41, 5.74) is 7.91. The summed E-state index contributed by atoms with van der Waals surface area (Å²) in [4.78, 5) is 11.8. The average molecular weight is 294 g/mol. The molecule has 21 heavy (non-hydrogen) atoms. The van der Waals surface area contributed by atoms with E-state index in [1.165, 1.54) is 0 Å². The Morgan fingerprint density at radius 1 is 1.33 bits per heavy atom. The maximum absolute atomic E-state index is 11.8. The van der Waals surface area contributed by atoms with Crippen molar-refractivity contribution in [2.24, 2.45) is 0 Å². The van der Waals surface area contributed by atoms with Crippen molar-refractivity contribution in [1.82, 2.24) is 0 Å². The summed E-state index contributed by atoms with van der Waals surface area (Å²) in [6.07, 6.45) is 1.11. The molecular formula is C16H26N2O3. The number of rotatable bonds is 8. The van der Waals surface area contributed by atoms with Crippen LogP contribution >= 0.6 is 0 Å². The van der Waals surface area contributed by atoms with E-state index in [0.717, 1.165) is 17.7 Å². The van der Waals surface area contributed by atoms with Gasteiger partial charge in [0.2, 0.25) is 5.91 Å². The van der Waals surface area contributed by atoms with E-state index in [4.69, 9.17) is 15.2 Å². The molecule has 3 N–H and O–H groups in total. The van der Waals surface area contributed by atoms with Gasteiger partial charge in [-0.05, 0) is 44.9 Å². The van der Waals surface area contributed by atoms with Crippen LogP contribution in [-0.2, 0) is 14.3 Å². The van der Waals surface area contributed by atoms with E-state index in [2.05, 4.69) is 5.32 Å². The Kier molecular flexibility index (Phi) is 6.65. The first kappa shape index (κ1) is 17.5. The van der Waals surface area contributed by atoms with Crippen LogP contribution < -0.4 is 11.1 Å². The Hall–Kier alpha value is -1.59. The van der Waals surface area contributed by atoms with Crippen molar-refractivity contribution in [3.05, 3.63) is 23.8 Å². The molecule has 0 atom stereocenters. The molecule has 118 valence electrons. The molecule has 0 spiro atoms. The fourth-order valence-electron chi connectivity index (χ4n) is 1.69. The number of hydrogen-bond acceptors (Lipinski definition) is 4. The van der Waals surface area contributed by atoms with Crippen LogP contribution in [0.4, 0.5) is 11.4 Å². The minimum atomic E-state index is -0.194. The maximum Gasteiger partial charge on any atom is 0.226 e. The molecule has 1 aromatic carbocycles. The van der Waals surface area contributed by atoms with Gasteiger partial charge in [0.15, 0.2) is 0 Å². The summed E-state index contributed by atoms with van der Waals surface area (Å²) in [6.45, 7) is 6.87. The largest absolute Gasteiger partial charge is 0.398 e. The second-order valence-corrected chi connectivity index (χ2v) is 5.64. The van der Waals surface area contributed by atoms with E-state index >= 15 is 0 Å². The lowest BCUT2D eigenvalue weighted by Crippen LogP contribution is -2.24. The van der Waals surface area contributed by atoms with Crippen molar-refractivity contribution >= 4 is 17.3 Å². The Bertz CT molecular complexity index is 473. The fraction of sp³-hybridized carbons (Fsp3) is 0.562. The van der Waals surface area contributed by atoms with Crippen molar-refractivity contribution in [2.75, 3.05) is 31.4 Å². The minimum Gasteiger partial charge on any atom is -0.398 e. The number of anilines is 2. The number of nitrogens with one attached hydrogen (secondary N) is 1. The number of benzene rings is 1. The van der Waals surface area contributed by atoms with Crippen molar-refractivity contribution in [3.8, 4) is 0 Å². The first-order valence-electron chi connectivity index (χ1n) is 7.13. The van der Waals surface area contributed by atoms with Crippen LogP contribution in [0.2, 0.25) is 0 Å². The minimum absolute atomic E-state index is 0.0744. The zero-order chi connectivity index (χ0) is 15.9. The third-order valence-corrected chi connectivity index (χ3v) is 3.52. The van der Waals surface area contributed by atoms with Crippen LogP contribution in [0.1, 0.15) is 32.3 Å². The average Bonchev–Trinajstić information content (AvgIpc) is 2.43. The standard InChI is InChI=1S/C16H26N2O3/c1-12-13(17)6-5-7-14(12)18-15(19)8-10-21-11-9-16(2,3)20-4/h5-7H,8-11,17H2,1-4H3,(H,18,19). The molecule has 0 aromatic heterocycles. The summed E-state index contributed by atoms with van der Waals surface area (Å²) >= 11 is 0. The molecule has 5 nitrogen and oxygen atoms in total. The molecule has 0 saturated carbocycles. The number of carbonyl (C=O) groups excluding carboxylic acids is 1. The van der Waals surface area contributed by atoms with E-state index in [0.29, 0.717) is 25.3 Å². The molecular weight excluding hydrogens is 268 g/mol. The predicted octanol–water partition coefficient (Wildman–Crippen LogP) is 2.74. The third-order valence-electron chi connectivity index (χ3n) is 3.52. The molecule has 1 rings (SSSR count). The molecule has 0 saturated heterocycles. The van der Waals surface area contributed by atoms with Gasteiger partial charge in [-0.1, -0.05) is 6.07 Å².